The minimum Gasteiger partial charge on any atom is -0.480 e. The van der Waals surface area contributed by atoms with Crippen LogP contribution in [0, 0.1) is 5.92 Å². The minimum atomic E-state index is -1.07. The zero-order valence-corrected chi connectivity index (χ0v) is 15.8. The van der Waals surface area contributed by atoms with E-state index < -0.39 is 17.9 Å². The molecule has 5 nitrogen and oxygen atoms in total. The van der Waals surface area contributed by atoms with Crippen LogP contribution in [0.2, 0.25) is 0 Å². The van der Waals surface area contributed by atoms with Gasteiger partial charge in [-0.25, -0.2) is 4.79 Å². The van der Waals surface area contributed by atoms with E-state index in [9.17, 15) is 19.5 Å². The standard InChI is InChI=1S/C22H25NO4/c1-14(2)20(24)18-11-9-17(10-12-18)15(3)21(25)23-19(22(26)27)13-16-7-5-4-6-8-16/h4-12,14-15,19H,13H2,1-3H3,(H,23,25)(H,26,27)/t15?,19-/m1/s1. The first-order valence-corrected chi connectivity index (χ1v) is 9.01. The lowest BCUT2D eigenvalue weighted by Gasteiger charge is -2.18. The minimum absolute atomic E-state index is 0.0486. The Kier molecular flexibility index (Phi) is 6.88. The van der Waals surface area contributed by atoms with Crippen molar-refractivity contribution < 1.29 is 19.5 Å². The average Bonchev–Trinajstić information content (AvgIpc) is 2.67. The fourth-order valence-electron chi connectivity index (χ4n) is 2.77. The highest BCUT2D eigenvalue weighted by Gasteiger charge is 2.24. The van der Waals surface area contributed by atoms with Crippen molar-refractivity contribution in [2.75, 3.05) is 0 Å². The van der Waals surface area contributed by atoms with Gasteiger partial charge < -0.3 is 10.4 Å². The molecule has 2 atom stereocenters. The van der Waals surface area contributed by atoms with Crippen LogP contribution in [0.4, 0.5) is 0 Å². The molecule has 0 saturated carbocycles. The fraction of sp³-hybridized carbons (Fsp3) is 0.318. The second kappa shape index (κ2) is 9.12. The molecule has 2 aromatic rings. The monoisotopic (exact) mass is 367 g/mol. The van der Waals surface area contributed by atoms with E-state index in [0.29, 0.717) is 5.56 Å². The van der Waals surface area contributed by atoms with E-state index in [1.54, 1.807) is 31.2 Å². The zero-order chi connectivity index (χ0) is 20.0. The van der Waals surface area contributed by atoms with Crippen molar-refractivity contribution in [1.29, 1.82) is 0 Å². The van der Waals surface area contributed by atoms with E-state index in [-0.39, 0.29) is 24.0 Å². The van der Waals surface area contributed by atoms with Crippen LogP contribution < -0.4 is 5.32 Å². The number of carbonyl (C=O) groups is 3. The predicted molar refractivity (Wildman–Crippen MR) is 104 cm³/mol. The molecule has 0 heterocycles. The summed E-state index contributed by atoms with van der Waals surface area (Å²) in [7, 11) is 0. The summed E-state index contributed by atoms with van der Waals surface area (Å²) in [5.41, 5.74) is 2.18. The molecule has 0 aliphatic carbocycles. The SMILES string of the molecule is CC(C)C(=O)c1ccc(C(C)C(=O)N[C@H](Cc2ccccc2)C(=O)O)cc1. The molecule has 0 aliphatic heterocycles. The smallest absolute Gasteiger partial charge is 0.326 e. The number of carboxylic acid groups (broad SMARTS) is 1. The summed E-state index contributed by atoms with van der Waals surface area (Å²) in [5, 5.41) is 12.0. The number of ketones is 1. The molecule has 0 aliphatic rings. The van der Waals surface area contributed by atoms with Crippen molar-refractivity contribution in [2.24, 2.45) is 5.92 Å². The highest BCUT2D eigenvalue weighted by Crippen LogP contribution is 2.18. The molecule has 27 heavy (non-hydrogen) atoms. The Morgan fingerprint density at radius 2 is 1.52 bits per heavy atom. The molecular weight excluding hydrogens is 342 g/mol. The van der Waals surface area contributed by atoms with Crippen LogP contribution in [0.25, 0.3) is 0 Å². The van der Waals surface area contributed by atoms with Gasteiger partial charge in [-0.2, -0.15) is 0 Å². The van der Waals surface area contributed by atoms with E-state index in [1.165, 1.54) is 0 Å². The van der Waals surface area contributed by atoms with E-state index in [2.05, 4.69) is 5.32 Å². The van der Waals surface area contributed by atoms with Crippen molar-refractivity contribution in [3.63, 3.8) is 0 Å². The van der Waals surface area contributed by atoms with Gasteiger partial charge in [-0.05, 0) is 18.1 Å². The van der Waals surface area contributed by atoms with Crippen LogP contribution in [-0.4, -0.2) is 28.8 Å². The van der Waals surface area contributed by atoms with Crippen LogP contribution in [-0.2, 0) is 16.0 Å². The maximum atomic E-state index is 12.5. The number of carbonyl (C=O) groups excluding carboxylic acids is 2. The normalized spacial score (nSPS) is 13.0. The summed E-state index contributed by atoms with van der Waals surface area (Å²) in [5.74, 6) is -2.00. The van der Waals surface area contributed by atoms with Gasteiger partial charge in [0.15, 0.2) is 5.78 Å². The molecule has 0 saturated heterocycles. The van der Waals surface area contributed by atoms with Crippen molar-refractivity contribution in [2.45, 2.75) is 39.2 Å². The predicted octanol–water partition coefficient (Wildman–Crippen LogP) is 3.44. The van der Waals surface area contributed by atoms with Gasteiger partial charge in [0.05, 0.1) is 5.92 Å². The number of amides is 1. The Hall–Kier alpha value is -2.95. The van der Waals surface area contributed by atoms with Gasteiger partial charge in [-0.1, -0.05) is 68.4 Å². The number of aliphatic carboxylic acids is 1. The van der Waals surface area contributed by atoms with Crippen LogP contribution in [0.5, 0.6) is 0 Å². The molecule has 2 aromatic carbocycles. The van der Waals surface area contributed by atoms with Gasteiger partial charge in [-0.3, -0.25) is 9.59 Å². The molecule has 2 N–H and O–H groups in total. The van der Waals surface area contributed by atoms with Crippen LogP contribution >= 0.6 is 0 Å². The first-order chi connectivity index (χ1) is 12.8. The number of carboxylic acids is 1. The number of benzene rings is 2. The Bertz CT molecular complexity index is 797. The van der Waals surface area contributed by atoms with Gasteiger partial charge >= 0.3 is 5.97 Å². The third kappa shape index (κ3) is 5.51. The number of hydrogen-bond donors (Lipinski definition) is 2. The second-order valence-corrected chi connectivity index (χ2v) is 6.95. The summed E-state index contributed by atoms with van der Waals surface area (Å²) < 4.78 is 0. The molecule has 2 rings (SSSR count). The van der Waals surface area contributed by atoms with Gasteiger partial charge in [0.25, 0.3) is 0 Å². The highest BCUT2D eigenvalue weighted by molar-refractivity contribution is 5.97. The molecule has 1 unspecified atom stereocenters. The fourth-order valence-corrected chi connectivity index (χ4v) is 2.77. The number of rotatable bonds is 8. The molecule has 142 valence electrons. The lowest BCUT2D eigenvalue weighted by Crippen LogP contribution is -2.44. The lowest BCUT2D eigenvalue weighted by atomic mass is 9.95. The molecule has 0 radical (unpaired) electrons. The van der Waals surface area contributed by atoms with Crippen molar-refractivity contribution in [3.05, 3.63) is 71.3 Å². The first-order valence-electron chi connectivity index (χ1n) is 9.01. The zero-order valence-electron chi connectivity index (χ0n) is 15.8. The summed E-state index contributed by atoms with van der Waals surface area (Å²) in [6, 6.07) is 15.1. The van der Waals surface area contributed by atoms with Crippen molar-refractivity contribution >= 4 is 17.7 Å². The topological polar surface area (TPSA) is 83.5 Å². The van der Waals surface area contributed by atoms with E-state index >= 15 is 0 Å². The first kappa shape index (κ1) is 20.4. The largest absolute Gasteiger partial charge is 0.480 e. The number of Topliss-reactive ketones (excluding diaryl/α,β-unsaturated/α-hetero) is 1. The van der Waals surface area contributed by atoms with Gasteiger partial charge in [0.2, 0.25) is 5.91 Å². The van der Waals surface area contributed by atoms with Crippen molar-refractivity contribution in [3.8, 4) is 0 Å². The number of nitrogens with one attached hydrogen (secondary N) is 1. The Labute approximate surface area is 159 Å². The van der Waals surface area contributed by atoms with E-state index in [4.69, 9.17) is 0 Å². The maximum absolute atomic E-state index is 12.5. The van der Waals surface area contributed by atoms with E-state index in [0.717, 1.165) is 11.1 Å². The van der Waals surface area contributed by atoms with Crippen LogP contribution in [0.3, 0.4) is 0 Å². The molecule has 0 spiro atoms. The summed E-state index contributed by atoms with van der Waals surface area (Å²) in [6.45, 7) is 5.40. The summed E-state index contributed by atoms with van der Waals surface area (Å²) in [6.07, 6.45) is 0.219. The third-order valence-corrected chi connectivity index (χ3v) is 4.51. The molecule has 0 bridgehead atoms. The van der Waals surface area contributed by atoms with Crippen LogP contribution in [0.15, 0.2) is 54.6 Å². The average molecular weight is 367 g/mol. The molecule has 5 heteroatoms. The summed E-state index contributed by atoms with van der Waals surface area (Å²) in [4.78, 5) is 36.1. The molecule has 1 amide bonds. The molecule has 0 fully saturated rings. The Morgan fingerprint density at radius 3 is 2.04 bits per heavy atom. The van der Waals surface area contributed by atoms with Gasteiger partial charge in [-0.15, -0.1) is 0 Å². The lowest BCUT2D eigenvalue weighted by molar-refractivity contribution is -0.141. The van der Waals surface area contributed by atoms with E-state index in [1.807, 2.05) is 44.2 Å². The second-order valence-electron chi connectivity index (χ2n) is 6.95. The van der Waals surface area contributed by atoms with Gasteiger partial charge in [0.1, 0.15) is 6.04 Å². The quantitative estimate of drug-likeness (QED) is 0.700. The van der Waals surface area contributed by atoms with Crippen molar-refractivity contribution in [1.82, 2.24) is 5.32 Å². The summed E-state index contributed by atoms with van der Waals surface area (Å²) >= 11 is 0. The Balaban J connectivity index is 2.06. The Morgan fingerprint density at radius 1 is 0.926 bits per heavy atom. The number of hydrogen-bond acceptors (Lipinski definition) is 3. The van der Waals surface area contributed by atoms with Gasteiger partial charge in [0, 0.05) is 17.9 Å². The molecular formula is C22H25NO4. The highest BCUT2D eigenvalue weighted by atomic mass is 16.4. The maximum Gasteiger partial charge on any atom is 0.326 e. The van der Waals surface area contributed by atoms with Crippen LogP contribution in [0.1, 0.15) is 48.2 Å². The molecule has 0 aromatic heterocycles. The third-order valence-electron chi connectivity index (χ3n) is 4.51.